The third kappa shape index (κ3) is 3.66. The largest absolute Gasteiger partial charge is 0.467 e. The van der Waals surface area contributed by atoms with Crippen molar-refractivity contribution >= 4 is 5.97 Å². The van der Waals surface area contributed by atoms with E-state index in [1.54, 1.807) is 0 Å². The number of benzene rings is 2. The summed E-state index contributed by atoms with van der Waals surface area (Å²) in [6.07, 6.45) is -1.48. The topological polar surface area (TPSA) is 55.8 Å². The molecule has 0 heterocycles. The molecule has 128 valence electrons. The van der Waals surface area contributed by atoms with E-state index in [-0.39, 0.29) is 5.92 Å². The molecule has 0 saturated carbocycles. The van der Waals surface area contributed by atoms with Crippen molar-refractivity contribution in [3.63, 3.8) is 0 Å². The molecule has 0 amide bonds. The number of aliphatic hydroxyl groups excluding tert-OH is 1. The van der Waals surface area contributed by atoms with Crippen LogP contribution < -0.4 is 0 Å². The van der Waals surface area contributed by atoms with E-state index in [1.165, 1.54) is 7.11 Å². The van der Waals surface area contributed by atoms with Gasteiger partial charge in [0.05, 0.1) is 13.7 Å². The first-order valence-electron chi connectivity index (χ1n) is 8.03. The molecule has 1 N–H and O–H groups in total. The van der Waals surface area contributed by atoms with Gasteiger partial charge in [-0.05, 0) is 17.0 Å². The van der Waals surface area contributed by atoms with E-state index in [0.717, 1.165) is 0 Å². The highest BCUT2D eigenvalue weighted by Gasteiger charge is 2.47. The highest BCUT2D eigenvalue weighted by molar-refractivity contribution is 5.77. The van der Waals surface area contributed by atoms with Gasteiger partial charge in [-0.25, -0.2) is 4.79 Å². The fourth-order valence-electron chi connectivity index (χ4n) is 2.68. The lowest BCUT2D eigenvalue weighted by Gasteiger charge is -2.38. The molecule has 0 bridgehead atoms. The van der Waals surface area contributed by atoms with Crippen molar-refractivity contribution in [1.82, 2.24) is 0 Å². The monoisotopic (exact) mass is 328 g/mol. The normalized spacial score (nSPS) is 12.9. The third-order valence-electron chi connectivity index (χ3n) is 3.86. The molecule has 0 aliphatic heterocycles. The summed E-state index contributed by atoms with van der Waals surface area (Å²) in [5.41, 5.74) is 0.0874. The Morgan fingerprint density at radius 1 is 1.00 bits per heavy atom. The van der Waals surface area contributed by atoms with Crippen LogP contribution in [0, 0.1) is 5.92 Å². The van der Waals surface area contributed by atoms with E-state index in [1.807, 2.05) is 74.5 Å². The van der Waals surface area contributed by atoms with Gasteiger partial charge in [-0.2, -0.15) is 0 Å². The van der Waals surface area contributed by atoms with Gasteiger partial charge < -0.3 is 14.6 Å². The van der Waals surface area contributed by atoms with Crippen LogP contribution in [0.4, 0.5) is 0 Å². The zero-order chi connectivity index (χ0) is 17.6. The second-order valence-corrected chi connectivity index (χ2v) is 6.10. The van der Waals surface area contributed by atoms with Gasteiger partial charge in [-0.3, -0.25) is 0 Å². The molecule has 0 aromatic heterocycles. The summed E-state index contributed by atoms with van der Waals surface area (Å²) in [5, 5.41) is 10.8. The second kappa shape index (κ2) is 8.08. The lowest BCUT2D eigenvalue weighted by Crippen LogP contribution is -2.48. The van der Waals surface area contributed by atoms with Crippen LogP contribution in [0.3, 0.4) is 0 Å². The number of methoxy groups -OCH3 is 1. The van der Waals surface area contributed by atoms with E-state index < -0.39 is 17.7 Å². The summed E-state index contributed by atoms with van der Waals surface area (Å²) >= 11 is 0. The van der Waals surface area contributed by atoms with E-state index >= 15 is 0 Å². The molecule has 0 radical (unpaired) electrons. The predicted octanol–water partition coefficient (Wildman–Crippen LogP) is 3.14. The molecule has 24 heavy (non-hydrogen) atoms. The summed E-state index contributed by atoms with van der Waals surface area (Å²) in [7, 11) is 1.26. The first-order chi connectivity index (χ1) is 11.5. The third-order valence-corrected chi connectivity index (χ3v) is 3.86. The van der Waals surface area contributed by atoms with Gasteiger partial charge in [-0.15, -0.1) is 0 Å². The minimum atomic E-state index is -1.48. The maximum absolute atomic E-state index is 12.2. The van der Waals surface area contributed by atoms with Crippen molar-refractivity contribution in [3.8, 4) is 0 Å². The highest BCUT2D eigenvalue weighted by atomic mass is 16.6. The van der Waals surface area contributed by atoms with Crippen LogP contribution in [0.5, 0.6) is 0 Å². The summed E-state index contributed by atoms with van der Waals surface area (Å²) in [6.45, 7) is 4.42. The van der Waals surface area contributed by atoms with Gasteiger partial charge in [-0.1, -0.05) is 74.5 Å². The Bertz CT molecular complexity index is 598. The van der Waals surface area contributed by atoms with Crippen LogP contribution in [0.2, 0.25) is 0 Å². The van der Waals surface area contributed by atoms with Crippen molar-refractivity contribution < 1.29 is 19.4 Å². The smallest absolute Gasteiger partial charge is 0.338 e. The fourth-order valence-corrected chi connectivity index (χ4v) is 2.68. The van der Waals surface area contributed by atoms with Crippen molar-refractivity contribution in [3.05, 3.63) is 71.8 Å². The number of ether oxygens (including phenoxy) is 2. The zero-order valence-corrected chi connectivity index (χ0v) is 14.3. The minimum absolute atomic E-state index is 0.238. The number of aliphatic hydroxyl groups is 1. The molecule has 1 atom stereocenters. The first kappa shape index (κ1) is 18.2. The van der Waals surface area contributed by atoms with Gasteiger partial charge in [0.15, 0.2) is 11.7 Å². The van der Waals surface area contributed by atoms with Crippen LogP contribution in [-0.4, -0.2) is 30.9 Å². The van der Waals surface area contributed by atoms with E-state index in [4.69, 9.17) is 9.47 Å². The molecular weight excluding hydrogens is 304 g/mol. The van der Waals surface area contributed by atoms with Gasteiger partial charge in [0.25, 0.3) is 0 Å². The molecule has 0 saturated heterocycles. The molecule has 2 rings (SSSR count). The van der Waals surface area contributed by atoms with Gasteiger partial charge in [0, 0.05) is 0 Å². The summed E-state index contributed by atoms with van der Waals surface area (Å²) < 4.78 is 11.0. The quantitative estimate of drug-likeness (QED) is 0.793. The Balaban J connectivity index is 2.65. The molecular formula is C20H24O4. The molecule has 4 heteroatoms. The zero-order valence-electron chi connectivity index (χ0n) is 14.3. The van der Waals surface area contributed by atoms with Crippen LogP contribution in [-0.2, 0) is 19.9 Å². The van der Waals surface area contributed by atoms with Crippen molar-refractivity contribution in [2.45, 2.75) is 25.6 Å². The fraction of sp³-hybridized carbons (Fsp3) is 0.350. The Morgan fingerprint density at radius 3 is 1.83 bits per heavy atom. The molecule has 4 nitrogen and oxygen atoms in total. The molecule has 0 spiro atoms. The maximum Gasteiger partial charge on any atom is 0.338 e. The van der Waals surface area contributed by atoms with Crippen LogP contribution in [0.25, 0.3) is 0 Å². The second-order valence-electron chi connectivity index (χ2n) is 6.10. The number of carbonyl (C=O) groups is 1. The molecule has 2 aromatic rings. The number of hydrogen-bond acceptors (Lipinski definition) is 4. The Morgan fingerprint density at radius 2 is 1.46 bits per heavy atom. The molecule has 0 fully saturated rings. The molecule has 0 aliphatic rings. The van der Waals surface area contributed by atoms with E-state index in [0.29, 0.717) is 17.7 Å². The molecule has 2 aromatic carbocycles. The number of hydrogen-bond donors (Lipinski definition) is 1. The summed E-state index contributed by atoms with van der Waals surface area (Å²) in [5.74, 6) is -0.492. The average molecular weight is 328 g/mol. The Hall–Kier alpha value is -2.17. The molecule has 0 unspecified atom stereocenters. The lowest BCUT2D eigenvalue weighted by molar-refractivity contribution is -0.172. The number of carbonyl (C=O) groups excluding carboxylic acids is 1. The Kier molecular flexibility index (Phi) is 6.12. The van der Waals surface area contributed by atoms with Crippen molar-refractivity contribution in [2.24, 2.45) is 5.92 Å². The van der Waals surface area contributed by atoms with Crippen molar-refractivity contribution in [1.29, 1.82) is 0 Å². The average Bonchev–Trinajstić information content (AvgIpc) is 2.63. The van der Waals surface area contributed by atoms with E-state index in [9.17, 15) is 9.90 Å². The molecule has 0 aliphatic carbocycles. The maximum atomic E-state index is 12.2. The Labute approximate surface area is 143 Å². The highest BCUT2D eigenvalue weighted by Crippen LogP contribution is 2.38. The standard InChI is InChI=1S/C20H24O4/c1-15(2)14-24-20(18(21)19(22)23-3,16-10-6-4-7-11-16)17-12-8-5-9-13-17/h4-13,15,18,21H,14H2,1-3H3/t18-/m1/s1. The van der Waals surface area contributed by atoms with Gasteiger partial charge >= 0.3 is 5.97 Å². The lowest BCUT2D eigenvalue weighted by atomic mass is 9.81. The van der Waals surface area contributed by atoms with Crippen LogP contribution in [0.15, 0.2) is 60.7 Å². The van der Waals surface area contributed by atoms with Gasteiger partial charge in [0.2, 0.25) is 0 Å². The van der Waals surface area contributed by atoms with Gasteiger partial charge in [0.1, 0.15) is 0 Å². The minimum Gasteiger partial charge on any atom is -0.467 e. The van der Waals surface area contributed by atoms with Crippen LogP contribution in [0.1, 0.15) is 25.0 Å². The number of rotatable bonds is 7. The summed E-state index contributed by atoms with van der Waals surface area (Å²) in [4.78, 5) is 12.2. The first-order valence-corrected chi connectivity index (χ1v) is 8.03. The summed E-state index contributed by atoms with van der Waals surface area (Å²) in [6, 6.07) is 18.6. The number of esters is 1. The van der Waals surface area contributed by atoms with Crippen molar-refractivity contribution in [2.75, 3.05) is 13.7 Å². The SMILES string of the molecule is COC(=O)[C@@H](O)C(OCC(C)C)(c1ccccc1)c1ccccc1. The van der Waals surface area contributed by atoms with E-state index in [2.05, 4.69) is 0 Å². The predicted molar refractivity (Wildman–Crippen MR) is 92.5 cm³/mol. The van der Waals surface area contributed by atoms with Crippen LogP contribution >= 0.6 is 0 Å².